The maximum atomic E-state index is 14.3. The maximum Gasteiger partial charge on any atom is 0.256 e. The Labute approximate surface area is 180 Å². The van der Waals surface area contributed by atoms with E-state index in [2.05, 4.69) is 24.7 Å². The number of fused-ring (bicyclic) bond motifs is 2. The number of nitrogens with zero attached hydrogens (tertiary/aromatic N) is 6. The Morgan fingerprint density at radius 2 is 1.87 bits per heavy atom. The van der Waals surface area contributed by atoms with E-state index in [1.165, 1.54) is 18.6 Å². The first-order valence-corrected chi connectivity index (χ1v) is 11.2. The number of carbonyl (C=O) groups is 1. The molecule has 2 aromatic heterocycles. The minimum Gasteiger partial charge on any atom is -0.338 e. The number of aromatic nitrogens is 5. The molecule has 1 aromatic carbocycles. The molecule has 7 nitrogen and oxygen atoms in total. The third kappa shape index (κ3) is 3.68. The Kier molecular flexibility index (Phi) is 5.16. The van der Waals surface area contributed by atoms with Gasteiger partial charge in [0.25, 0.3) is 5.91 Å². The third-order valence-electron chi connectivity index (χ3n) is 6.59. The molecule has 0 spiro atoms. The van der Waals surface area contributed by atoms with E-state index >= 15 is 0 Å². The monoisotopic (exact) mass is 422 g/mol. The molecule has 2 aliphatic heterocycles. The van der Waals surface area contributed by atoms with Gasteiger partial charge in [0.2, 0.25) is 0 Å². The van der Waals surface area contributed by atoms with Crippen molar-refractivity contribution in [2.45, 2.75) is 64.8 Å². The molecule has 0 aliphatic carbocycles. The molecular weight excluding hydrogens is 395 g/mol. The molecule has 4 heterocycles. The van der Waals surface area contributed by atoms with E-state index in [1.807, 2.05) is 18.7 Å². The topological polar surface area (TPSA) is 76.8 Å². The molecule has 0 saturated carbocycles. The lowest BCUT2D eigenvalue weighted by Crippen LogP contribution is -2.40. The van der Waals surface area contributed by atoms with Crippen LogP contribution < -0.4 is 0 Å². The number of piperidine rings is 1. The van der Waals surface area contributed by atoms with Gasteiger partial charge in [-0.3, -0.25) is 4.79 Å². The zero-order valence-electron chi connectivity index (χ0n) is 18.1. The number of halogens is 1. The van der Waals surface area contributed by atoms with Gasteiger partial charge in [0.15, 0.2) is 0 Å². The highest BCUT2D eigenvalue weighted by atomic mass is 19.1. The lowest BCUT2D eigenvalue weighted by Gasteiger charge is -2.32. The van der Waals surface area contributed by atoms with Crippen molar-refractivity contribution in [3.05, 3.63) is 46.6 Å². The summed E-state index contributed by atoms with van der Waals surface area (Å²) in [5.41, 5.74) is 2.65. The Morgan fingerprint density at radius 1 is 1.03 bits per heavy atom. The Balaban J connectivity index is 1.46. The molecule has 0 bridgehead atoms. The molecule has 1 saturated heterocycles. The predicted molar refractivity (Wildman–Crippen MR) is 114 cm³/mol. The third-order valence-corrected chi connectivity index (χ3v) is 6.59. The Morgan fingerprint density at radius 3 is 2.74 bits per heavy atom. The van der Waals surface area contributed by atoms with Gasteiger partial charge in [-0.25, -0.2) is 14.4 Å². The van der Waals surface area contributed by atoms with Crippen molar-refractivity contribution < 1.29 is 9.18 Å². The highest BCUT2D eigenvalue weighted by Gasteiger charge is 2.31. The van der Waals surface area contributed by atoms with Gasteiger partial charge in [0.05, 0.1) is 22.5 Å². The molecular formula is C23H27FN6O. The zero-order valence-corrected chi connectivity index (χ0v) is 18.1. The van der Waals surface area contributed by atoms with E-state index in [9.17, 15) is 9.18 Å². The van der Waals surface area contributed by atoms with Crippen molar-refractivity contribution in [2.75, 3.05) is 13.1 Å². The minimum atomic E-state index is -0.468. The van der Waals surface area contributed by atoms with Crippen LogP contribution >= 0.6 is 0 Å². The van der Waals surface area contributed by atoms with E-state index in [1.54, 1.807) is 0 Å². The number of rotatable bonds is 2. The quantitative estimate of drug-likeness (QED) is 0.629. The van der Waals surface area contributed by atoms with Crippen LogP contribution in [-0.4, -0.2) is 48.6 Å². The van der Waals surface area contributed by atoms with Gasteiger partial charge in [-0.15, -0.1) is 10.2 Å². The lowest BCUT2D eigenvalue weighted by atomic mass is 9.96. The van der Waals surface area contributed by atoms with Crippen LogP contribution in [0.5, 0.6) is 0 Å². The van der Waals surface area contributed by atoms with Crippen LogP contribution in [0.1, 0.15) is 71.4 Å². The van der Waals surface area contributed by atoms with Gasteiger partial charge < -0.3 is 9.47 Å². The normalized spacial score (nSPS) is 19.3. The van der Waals surface area contributed by atoms with Gasteiger partial charge in [-0.05, 0) is 45.6 Å². The number of hydrogen-bond donors (Lipinski definition) is 0. The molecule has 31 heavy (non-hydrogen) atoms. The van der Waals surface area contributed by atoms with Crippen LogP contribution in [0, 0.1) is 19.7 Å². The highest BCUT2D eigenvalue weighted by molar-refractivity contribution is 6.04. The van der Waals surface area contributed by atoms with Gasteiger partial charge in [0.1, 0.15) is 23.0 Å². The van der Waals surface area contributed by atoms with Crippen LogP contribution in [-0.2, 0) is 13.0 Å². The summed E-state index contributed by atoms with van der Waals surface area (Å²) < 4.78 is 16.6. The molecule has 2 aliphatic rings. The van der Waals surface area contributed by atoms with Crippen LogP contribution in [0.4, 0.5) is 4.39 Å². The van der Waals surface area contributed by atoms with Crippen molar-refractivity contribution >= 4 is 16.9 Å². The second-order valence-corrected chi connectivity index (χ2v) is 8.74. The van der Waals surface area contributed by atoms with E-state index in [0.29, 0.717) is 24.1 Å². The second kappa shape index (κ2) is 7.98. The van der Waals surface area contributed by atoms with Gasteiger partial charge in [-0.2, -0.15) is 0 Å². The number of aryl methyl sites for hydroxylation is 3. The molecule has 1 unspecified atom stereocenters. The summed E-state index contributed by atoms with van der Waals surface area (Å²) in [6.07, 6.45) is 6.33. The van der Waals surface area contributed by atoms with Crippen molar-refractivity contribution in [1.82, 2.24) is 29.6 Å². The van der Waals surface area contributed by atoms with Crippen molar-refractivity contribution in [2.24, 2.45) is 0 Å². The summed E-state index contributed by atoms with van der Waals surface area (Å²) >= 11 is 0. The second-order valence-electron chi connectivity index (χ2n) is 8.74. The van der Waals surface area contributed by atoms with Crippen LogP contribution in [0.15, 0.2) is 12.1 Å². The largest absolute Gasteiger partial charge is 0.338 e. The maximum absolute atomic E-state index is 14.3. The molecule has 3 aromatic rings. The number of benzene rings is 1. The Hall–Kier alpha value is -2.90. The van der Waals surface area contributed by atoms with Gasteiger partial charge >= 0.3 is 0 Å². The molecule has 1 atom stereocenters. The lowest BCUT2D eigenvalue weighted by molar-refractivity contribution is 0.0704. The van der Waals surface area contributed by atoms with Crippen LogP contribution in [0.25, 0.3) is 11.0 Å². The number of hydrogen-bond acceptors (Lipinski definition) is 5. The molecule has 1 amide bonds. The van der Waals surface area contributed by atoms with Crippen LogP contribution in [0.2, 0.25) is 0 Å². The first-order valence-electron chi connectivity index (χ1n) is 11.2. The fourth-order valence-electron chi connectivity index (χ4n) is 4.81. The summed E-state index contributed by atoms with van der Waals surface area (Å²) in [5, 5.41) is 8.94. The minimum absolute atomic E-state index is 0.145. The number of carbonyl (C=O) groups excluding carboxylic acids is 1. The molecule has 8 heteroatoms. The van der Waals surface area contributed by atoms with Crippen molar-refractivity contribution in [3.8, 4) is 0 Å². The number of likely N-dealkylation sites (tertiary alicyclic amines) is 1. The first-order chi connectivity index (χ1) is 15.0. The average molecular weight is 423 g/mol. The van der Waals surface area contributed by atoms with Gasteiger partial charge in [-0.1, -0.05) is 6.42 Å². The van der Waals surface area contributed by atoms with Crippen LogP contribution in [0.3, 0.4) is 0 Å². The SMILES string of the molecule is Cc1nc2cc(F)cc(C(=O)N3CCCC(c4nnc5n4CCCCC5)C3)c2nc1C. The fourth-order valence-corrected chi connectivity index (χ4v) is 4.81. The molecule has 5 rings (SSSR count). The van der Waals surface area contributed by atoms with Gasteiger partial charge in [0, 0.05) is 38.0 Å². The fraction of sp³-hybridized carbons (Fsp3) is 0.522. The zero-order chi connectivity index (χ0) is 21.5. The highest BCUT2D eigenvalue weighted by Crippen LogP contribution is 2.30. The predicted octanol–water partition coefficient (Wildman–Crippen LogP) is 3.72. The molecule has 0 radical (unpaired) electrons. The smallest absolute Gasteiger partial charge is 0.256 e. The van der Waals surface area contributed by atoms with Crippen molar-refractivity contribution in [1.29, 1.82) is 0 Å². The van der Waals surface area contributed by atoms with Crippen molar-refractivity contribution in [3.63, 3.8) is 0 Å². The first kappa shape index (κ1) is 20.0. The van der Waals surface area contributed by atoms with E-state index < -0.39 is 5.82 Å². The molecule has 1 fully saturated rings. The summed E-state index contributed by atoms with van der Waals surface area (Å²) in [6, 6.07) is 2.64. The summed E-state index contributed by atoms with van der Waals surface area (Å²) in [5.74, 6) is 1.54. The molecule has 0 N–H and O–H groups in total. The van der Waals surface area contributed by atoms with E-state index in [4.69, 9.17) is 0 Å². The van der Waals surface area contributed by atoms with E-state index in [-0.39, 0.29) is 17.4 Å². The summed E-state index contributed by atoms with van der Waals surface area (Å²) in [4.78, 5) is 24.3. The number of amides is 1. The Bertz CT molecular complexity index is 1160. The average Bonchev–Trinajstić information content (AvgIpc) is 3.02. The molecule has 162 valence electrons. The van der Waals surface area contributed by atoms with E-state index in [0.717, 1.165) is 61.7 Å². The summed E-state index contributed by atoms with van der Waals surface area (Å²) in [6.45, 7) is 5.85. The standard InChI is InChI=1S/C23H27FN6O/c1-14-15(2)26-21-18(11-17(24)12-19(21)25-14)23(31)29-9-6-7-16(13-29)22-28-27-20-8-4-3-5-10-30(20)22/h11-12,16H,3-10,13H2,1-2H3. The summed E-state index contributed by atoms with van der Waals surface area (Å²) in [7, 11) is 0.